The number of rotatable bonds is 5. The lowest BCUT2D eigenvalue weighted by Gasteiger charge is -2.47. The van der Waals surface area contributed by atoms with E-state index in [-0.39, 0.29) is 0 Å². The molecule has 0 radical (unpaired) electrons. The van der Waals surface area contributed by atoms with Crippen molar-refractivity contribution in [3.05, 3.63) is 59.7 Å². The van der Waals surface area contributed by atoms with E-state index in [2.05, 4.69) is 44.8 Å². The van der Waals surface area contributed by atoms with Crippen LogP contribution in [0.15, 0.2) is 42.7 Å². The summed E-state index contributed by atoms with van der Waals surface area (Å²) < 4.78 is 6.53. The Hall–Kier alpha value is -1.43. The van der Waals surface area contributed by atoms with Crippen LogP contribution in [0.3, 0.4) is 0 Å². The third-order valence-corrected chi connectivity index (χ3v) is 6.34. The zero-order valence-electron chi connectivity index (χ0n) is 14.0. The number of thioether (sulfide) groups is 1. The standard InChI is InChI=1S/C19H23N3OS/c1-15-3-2-4-17(21-15)11-23-18-9-19(24-12-18)13-22(14-19)10-16-5-7-20-8-6-16/h2-8,18H,9-14H2,1H3. The highest BCUT2D eigenvalue weighted by molar-refractivity contribution is 8.01. The largest absolute Gasteiger partial charge is 0.371 e. The van der Waals surface area contributed by atoms with Crippen LogP contribution in [0, 0.1) is 6.92 Å². The molecule has 4 nitrogen and oxygen atoms in total. The molecule has 0 bridgehead atoms. The summed E-state index contributed by atoms with van der Waals surface area (Å²) in [4.78, 5) is 11.1. The van der Waals surface area contributed by atoms with Crippen LogP contribution in [0.1, 0.15) is 23.4 Å². The molecule has 0 amide bonds. The molecular weight excluding hydrogens is 318 g/mol. The molecule has 2 aromatic heterocycles. The third kappa shape index (κ3) is 3.63. The predicted molar refractivity (Wildman–Crippen MR) is 96.9 cm³/mol. The Balaban J connectivity index is 1.24. The van der Waals surface area contributed by atoms with Crippen LogP contribution in [0.5, 0.6) is 0 Å². The maximum atomic E-state index is 6.12. The molecule has 4 heterocycles. The van der Waals surface area contributed by atoms with E-state index in [1.54, 1.807) is 0 Å². The summed E-state index contributed by atoms with van der Waals surface area (Å²) in [5.74, 6) is 1.11. The van der Waals surface area contributed by atoms with E-state index in [1.807, 2.05) is 31.5 Å². The number of aromatic nitrogens is 2. The summed E-state index contributed by atoms with van der Waals surface area (Å²) in [6.45, 7) is 6.02. The van der Waals surface area contributed by atoms with Gasteiger partial charge in [0.2, 0.25) is 0 Å². The Morgan fingerprint density at radius 2 is 2.08 bits per heavy atom. The molecule has 4 rings (SSSR count). The minimum Gasteiger partial charge on any atom is -0.371 e. The monoisotopic (exact) mass is 341 g/mol. The van der Waals surface area contributed by atoms with Crippen molar-refractivity contribution in [1.82, 2.24) is 14.9 Å². The van der Waals surface area contributed by atoms with Gasteiger partial charge in [-0.2, -0.15) is 0 Å². The molecule has 1 unspecified atom stereocenters. The Morgan fingerprint density at radius 3 is 2.88 bits per heavy atom. The average Bonchev–Trinajstić information content (AvgIpc) is 2.98. The molecule has 5 heteroatoms. The van der Waals surface area contributed by atoms with E-state index < -0.39 is 0 Å². The number of pyridine rings is 2. The number of ether oxygens (including phenoxy) is 1. The van der Waals surface area contributed by atoms with Gasteiger partial charge < -0.3 is 4.74 Å². The van der Waals surface area contributed by atoms with Gasteiger partial charge in [-0.3, -0.25) is 14.9 Å². The van der Waals surface area contributed by atoms with Gasteiger partial charge in [0, 0.05) is 48.2 Å². The summed E-state index contributed by atoms with van der Waals surface area (Å²) in [5.41, 5.74) is 3.44. The van der Waals surface area contributed by atoms with E-state index in [1.165, 1.54) is 18.7 Å². The number of nitrogens with zero attached hydrogens (tertiary/aromatic N) is 3. The van der Waals surface area contributed by atoms with Crippen molar-refractivity contribution in [1.29, 1.82) is 0 Å². The van der Waals surface area contributed by atoms with Crippen LogP contribution in [0.4, 0.5) is 0 Å². The highest BCUT2D eigenvalue weighted by Gasteiger charge is 2.49. The summed E-state index contributed by atoms with van der Waals surface area (Å²) in [6.07, 6.45) is 5.27. The molecule has 0 saturated carbocycles. The first kappa shape index (κ1) is 16.1. The van der Waals surface area contributed by atoms with Crippen LogP contribution in [0.25, 0.3) is 0 Å². The molecule has 126 valence electrons. The van der Waals surface area contributed by atoms with Gasteiger partial charge in [0.25, 0.3) is 0 Å². The Labute approximate surface area is 147 Å². The van der Waals surface area contributed by atoms with Gasteiger partial charge in [0.05, 0.1) is 18.4 Å². The van der Waals surface area contributed by atoms with Crippen molar-refractivity contribution in [3.63, 3.8) is 0 Å². The van der Waals surface area contributed by atoms with E-state index in [4.69, 9.17) is 4.74 Å². The van der Waals surface area contributed by atoms with Crippen molar-refractivity contribution in [2.24, 2.45) is 0 Å². The highest BCUT2D eigenvalue weighted by atomic mass is 32.2. The number of likely N-dealkylation sites (tertiary alicyclic amines) is 1. The molecule has 0 aromatic carbocycles. The van der Waals surface area contributed by atoms with Crippen LogP contribution < -0.4 is 0 Å². The van der Waals surface area contributed by atoms with Gasteiger partial charge in [-0.05, 0) is 43.2 Å². The first-order valence-electron chi connectivity index (χ1n) is 8.50. The zero-order valence-corrected chi connectivity index (χ0v) is 14.8. The second kappa shape index (κ2) is 6.82. The fraction of sp³-hybridized carbons (Fsp3) is 0.474. The fourth-order valence-electron chi connectivity index (χ4n) is 3.64. The van der Waals surface area contributed by atoms with Crippen molar-refractivity contribution in [2.45, 2.75) is 37.3 Å². The summed E-state index contributed by atoms with van der Waals surface area (Å²) in [5, 5.41) is 0. The van der Waals surface area contributed by atoms with Gasteiger partial charge in [0.15, 0.2) is 0 Å². The van der Waals surface area contributed by atoms with E-state index in [0.29, 0.717) is 17.5 Å². The molecule has 2 aliphatic heterocycles. The van der Waals surface area contributed by atoms with Crippen LogP contribution in [0.2, 0.25) is 0 Å². The molecule has 1 spiro atoms. The first-order valence-corrected chi connectivity index (χ1v) is 9.49. The predicted octanol–water partition coefficient (Wildman–Crippen LogP) is 3.06. The third-order valence-electron chi connectivity index (χ3n) is 4.77. The maximum Gasteiger partial charge on any atom is 0.0892 e. The summed E-state index contributed by atoms with van der Waals surface area (Å²) in [7, 11) is 0. The van der Waals surface area contributed by atoms with Crippen molar-refractivity contribution < 1.29 is 4.74 Å². The minimum absolute atomic E-state index is 0.361. The van der Waals surface area contributed by atoms with Crippen LogP contribution in [-0.2, 0) is 17.9 Å². The van der Waals surface area contributed by atoms with E-state index in [9.17, 15) is 0 Å². The quantitative estimate of drug-likeness (QED) is 0.836. The smallest absolute Gasteiger partial charge is 0.0892 e. The maximum absolute atomic E-state index is 6.12. The van der Waals surface area contributed by atoms with Gasteiger partial charge in [-0.25, -0.2) is 0 Å². The Bertz CT molecular complexity index is 688. The van der Waals surface area contributed by atoms with Crippen molar-refractivity contribution in [3.8, 4) is 0 Å². The number of aryl methyl sites for hydroxylation is 1. The second-order valence-electron chi connectivity index (χ2n) is 6.90. The SMILES string of the molecule is Cc1cccc(COC2CSC3(C2)CN(Cc2ccncc2)C3)n1. The molecule has 2 saturated heterocycles. The lowest BCUT2D eigenvalue weighted by atomic mass is 9.92. The Kier molecular flexibility index (Phi) is 4.57. The van der Waals surface area contributed by atoms with Crippen molar-refractivity contribution in [2.75, 3.05) is 18.8 Å². The van der Waals surface area contributed by atoms with E-state index >= 15 is 0 Å². The lowest BCUT2D eigenvalue weighted by molar-refractivity contribution is 0.0250. The van der Waals surface area contributed by atoms with Crippen LogP contribution in [-0.4, -0.2) is 44.6 Å². The highest BCUT2D eigenvalue weighted by Crippen LogP contribution is 2.46. The Morgan fingerprint density at radius 1 is 1.25 bits per heavy atom. The molecule has 0 aliphatic carbocycles. The van der Waals surface area contributed by atoms with Gasteiger partial charge in [-0.1, -0.05) is 6.07 Å². The first-order chi connectivity index (χ1) is 11.7. The minimum atomic E-state index is 0.361. The zero-order chi connectivity index (χ0) is 16.4. The summed E-state index contributed by atoms with van der Waals surface area (Å²) in [6, 6.07) is 10.3. The van der Waals surface area contributed by atoms with Gasteiger partial charge in [-0.15, -0.1) is 11.8 Å². The molecule has 2 aliphatic rings. The van der Waals surface area contributed by atoms with Crippen LogP contribution >= 0.6 is 11.8 Å². The lowest BCUT2D eigenvalue weighted by Crippen LogP contribution is -2.58. The van der Waals surface area contributed by atoms with Gasteiger partial charge in [0.1, 0.15) is 0 Å². The molecule has 2 aromatic rings. The summed E-state index contributed by atoms with van der Waals surface area (Å²) >= 11 is 2.09. The fourth-order valence-corrected chi connectivity index (χ4v) is 5.24. The molecule has 1 atom stereocenters. The van der Waals surface area contributed by atoms with Crippen molar-refractivity contribution >= 4 is 11.8 Å². The second-order valence-corrected chi connectivity index (χ2v) is 8.39. The molecule has 24 heavy (non-hydrogen) atoms. The van der Waals surface area contributed by atoms with Gasteiger partial charge >= 0.3 is 0 Å². The van der Waals surface area contributed by atoms with E-state index in [0.717, 1.165) is 30.1 Å². The normalized spacial score (nSPS) is 22.6. The topological polar surface area (TPSA) is 38.2 Å². The number of hydrogen-bond acceptors (Lipinski definition) is 5. The molecule has 0 N–H and O–H groups in total. The molecular formula is C19H23N3OS. The number of hydrogen-bond donors (Lipinski definition) is 0. The average molecular weight is 341 g/mol. The molecule has 2 fully saturated rings.